The molecule has 0 spiro atoms. The van der Waals surface area contributed by atoms with E-state index in [0.717, 1.165) is 44.3 Å². The number of rotatable bonds is 6. The van der Waals surface area contributed by atoms with Gasteiger partial charge in [0.2, 0.25) is 5.91 Å². The van der Waals surface area contributed by atoms with Crippen LogP contribution in [0.4, 0.5) is 0 Å². The molecule has 0 aliphatic heterocycles. The van der Waals surface area contributed by atoms with Crippen LogP contribution in [0.25, 0.3) is 10.8 Å². The molecule has 0 radical (unpaired) electrons. The molecule has 0 bridgehead atoms. The summed E-state index contributed by atoms with van der Waals surface area (Å²) in [5.41, 5.74) is 2.80. The molecule has 3 heteroatoms. The Kier molecular flexibility index (Phi) is 4.65. The number of nitrogens with one attached hydrogen (secondary N) is 1. The number of carbonyl (C=O) groups is 1. The zero-order chi connectivity index (χ0) is 17.2. The fourth-order valence-corrected chi connectivity index (χ4v) is 4.38. The van der Waals surface area contributed by atoms with Gasteiger partial charge < -0.3 is 10.1 Å². The first-order valence-electron chi connectivity index (χ1n) is 9.64. The number of hydrogen-bond acceptors (Lipinski definition) is 2. The van der Waals surface area contributed by atoms with E-state index in [1.54, 1.807) is 7.11 Å². The lowest BCUT2D eigenvalue weighted by Crippen LogP contribution is -2.39. The molecule has 1 fully saturated rings. The van der Waals surface area contributed by atoms with E-state index in [1.165, 1.54) is 28.3 Å². The quantitative estimate of drug-likeness (QED) is 0.828. The van der Waals surface area contributed by atoms with Gasteiger partial charge in [-0.1, -0.05) is 24.3 Å². The van der Waals surface area contributed by atoms with Crippen molar-refractivity contribution in [3.63, 3.8) is 0 Å². The van der Waals surface area contributed by atoms with Crippen LogP contribution in [0.15, 0.2) is 30.3 Å². The first kappa shape index (κ1) is 16.4. The summed E-state index contributed by atoms with van der Waals surface area (Å²) in [4.78, 5) is 12.0. The summed E-state index contributed by atoms with van der Waals surface area (Å²) in [6.45, 7) is 0. The first-order valence-corrected chi connectivity index (χ1v) is 9.64. The molecule has 0 aromatic heterocycles. The van der Waals surface area contributed by atoms with E-state index >= 15 is 0 Å². The van der Waals surface area contributed by atoms with Crippen molar-refractivity contribution in [3.8, 4) is 5.75 Å². The second-order valence-corrected chi connectivity index (χ2v) is 7.51. The minimum Gasteiger partial charge on any atom is -0.496 e. The molecular formula is C22H27NO2. The topological polar surface area (TPSA) is 38.3 Å². The molecule has 4 rings (SSSR count). The SMILES string of the molecule is COc1ccc2cccc3c2c1CCC3CCCC(=O)NC1CCC1. The number of hydrogen-bond donors (Lipinski definition) is 1. The van der Waals surface area contributed by atoms with Gasteiger partial charge in [-0.25, -0.2) is 0 Å². The molecule has 2 aromatic carbocycles. The Hall–Kier alpha value is -2.03. The molecule has 3 nitrogen and oxygen atoms in total. The Bertz CT molecular complexity index is 779. The third-order valence-electron chi connectivity index (χ3n) is 5.97. The lowest BCUT2D eigenvalue weighted by atomic mass is 9.78. The lowest BCUT2D eigenvalue weighted by molar-refractivity contribution is -0.122. The standard InChI is InChI=1S/C22H27NO2/c1-25-20-14-12-16-6-2-9-18-15(11-13-19(20)22(16)18)5-3-10-21(24)23-17-7-4-8-17/h2,6,9,12,14-15,17H,3-5,7-8,10-11,13H2,1H3,(H,23,24). The highest BCUT2D eigenvalue weighted by Crippen LogP contribution is 2.42. The summed E-state index contributed by atoms with van der Waals surface area (Å²) >= 11 is 0. The monoisotopic (exact) mass is 337 g/mol. The minimum absolute atomic E-state index is 0.237. The molecule has 2 aromatic rings. The number of carbonyl (C=O) groups excluding carboxylic acids is 1. The van der Waals surface area contributed by atoms with Crippen LogP contribution in [-0.4, -0.2) is 19.1 Å². The number of methoxy groups -OCH3 is 1. The van der Waals surface area contributed by atoms with Gasteiger partial charge in [-0.2, -0.15) is 0 Å². The molecule has 1 saturated carbocycles. The van der Waals surface area contributed by atoms with Gasteiger partial charge in [0, 0.05) is 18.0 Å². The average Bonchev–Trinajstić information content (AvgIpc) is 2.60. The molecular weight excluding hydrogens is 310 g/mol. The van der Waals surface area contributed by atoms with Crippen LogP contribution >= 0.6 is 0 Å². The van der Waals surface area contributed by atoms with Crippen molar-refractivity contribution >= 4 is 16.7 Å². The molecule has 1 unspecified atom stereocenters. The molecule has 0 heterocycles. The van der Waals surface area contributed by atoms with Crippen molar-refractivity contribution in [3.05, 3.63) is 41.5 Å². The molecule has 2 aliphatic rings. The van der Waals surface area contributed by atoms with Crippen molar-refractivity contribution in [2.75, 3.05) is 7.11 Å². The summed E-state index contributed by atoms with van der Waals surface area (Å²) in [6, 6.07) is 11.3. The van der Waals surface area contributed by atoms with Crippen LogP contribution < -0.4 is 10.1 Å². The number of ether oxygens (including phenoxy) is 1. The summed E-state index contributed by atoms with van der Waals surface area (Å²) < 4.78 is 5.58. The number of amides is 1. The van der Waals surface area contributed by atoms with Gasteiger partial charge >= 0.3 is 0 Å². The van der Waals surface area contributed by atoms with Crippen molar-refractivity contribution in [2.45, 2.75) is 63.3 Å². The molecule has 0 saturated heterocycles. The highest BCUT2D eigenvalue weighted by Gasteiger charge is 2.24. The van der Waals surface area contributed by atoms with Crippen molar-refractivity contribution in [1.82, 2.24) is 5.32 Å². The molecule has 1 N–H and O–H groups in total. The number of aryl methyl sites for hydroxylation is 1. The van der Waals surface area contributed by atoms with Crippen molar-refractivity contribution in [2.24, 2.45) is 0 Å². The predicted octanol–water partition coefficient (Wildman–Crippen LogP) is 4.72. The lowest BCUT2D eigenvalue weighted by Gasteiger charge is -2.28. The van der Waals surface area contributed by atoms with Gasteiger partial charge in [0.05, 0.1) is 7.11 Å². The second-order valence-electron chi connectivity index (χ2n) is 7.51. The highest BCUT2D eigenvalue weighted by atomic mass is 16.5. The van der Waals surface area contributed by atoms with Crippen LogP contribution in [0.5, 0.6) is 5.75 Å². The highest BCUT2D eigenvalue weighted by molar-refractivity contribution is 5.92. The summed E-state index contributed by atoms with van der Waals surface area (Å²) in [5.74, 6) is 1.80. The fraction of sp³-hybridized carbons (Fsp3) is 0.500. The van der Waals surface area contributed by atoms with Gasteiger partial charge in [0.15, 0.2) is 0 Å². The normalized spacial score (nSPS) is 19.5. The van der Waals surface area contributed by atoms with Gasteiger partial charge in [-0.15, -0.1) is 0 Å². The maximum atomic E-state index is 12.0. The largest absolute Gasteiger partial charge is 0.496 e. The van der Waals surface area contributed by atoms with E-state index in [2.05, 4.69) is 35.6 Å². The van der Waals surface area contributed by atoms with Crippen LogP contribution in [0.2, 0.25) is 0 Å². The predicted molar refractivity (Wildman–Crippen MR) is 101 cm³/mol. The Morgan fingerprint density at radius 2 is 2.08 bits per heavy atom. The Morgan fingerprint density at radius 3 is 2.84 bits per heavy atom. The number of benzene rings is 2. The van der Waals surface area contributed by atoms with Crippen LogP contribution in [0.3, 0.4) is 0 Å². The van der Waals surface area contributed by atoms with E-state index < -0.39 is 0 Å². The fourth-order valence-electron chi connectivity index (χ4n) is 4.38. The first-order chi connectivity index (χ1) is 12.3. The summed E-state index contributed by atoms with van der Waals surface area (Å²) in [5, 5.41) is 5.84. The van der Waals surface area contributed by atoms with E-state index in [4.69, 9.17) is 4.74 Å². The third kappa shape index (κ3) is 3.24. The Balaban J connectivity index is 1.46. The smallest absolute Gasteiger partial charge is 0.220 e. The molecule has 2 aliphatic carbocycles. The van der Waals surface area contributed by atoms with Crippen molar-refractivity contribution < 1.29 is 9.53 Å². The van der Waals surface area contributed by atoms with E-state index in [-0.39, 0.29) is 5.91 Å². The van der Waals surface area contributed by atoms with Gasteiger partial charge in [0.1, 0.15) is 5.75 Å². The zero-order valence-corrected chi connectivity index (χ0v) is 15.0. The van der Waals surface area contributed by atoms with Crippen molar-refractivity contribution in [1.29, 1.82) is 0 Å². The van der Waals surface area contributed by atoms with Gasteiger partial charge in [-0.3, -0.25) is 4.79 Å². The van der Waals surface area contributed by atoms with Gasteiger partial charge in [-0.05, 0) is 73.3 Å². The third-order valence-corrected chi connectivity index (χ3v) is 5.97. The van der Waals surface area contributed by atoms with E-state index in [1.807, 2.05) is 0 Å². The zero-order valence-electron chi connectivity index (χ0n) is 15.0. The van der Waals surface area contributed by atoms with E-state index in [9.17, 15) is 4.79 Å². The average molecular weight is 337 g/mol. The molecule has 1 amide bonds. The van der Waals surface area contributed by atoms with Crippen LogP contribution in [0, 0.1) is 0 Å². The second kappa shape index (κ2) is 7.07. The van der Waals surface area contributed by atoms with Crippen LogP contribution in [-0.2, 0) is 11.2 Å². The van der Waals surface area contributed by atoms with Crippen LogP contribution in [0.1, 0.15) is 62.0 Å². The summed E-state index contributed by atoms with van der Waals surface area (Å²) in [6.07, 6.45) is 8.53. The molecule has 25 heavy (non-hydrogen) atoms. The maximum Gasteiger partial charge on any atom is 0.220 e. The summed E-state index contributed by atoms with van der Waals surface area (Å²) in [7, 11) is 1.76. The molecule has 132 valence electrons. The Labute approximate surface area is 149 Å². The Morgan fingerprint density at radius 1 is 1.20 bits per heavy atom. The van der Waals surface area contributed by atoms with E-state index in [0.29, 0.717) is 18.4 Å². The minimum atomic E-state index is 0.237. The molecule has 1 atom stereocenters. The van der Waals surface area contributed by atoms with Gasteiger partial charge in [0.25, 0.3) is 0 Å². The maximum absolute atomic E-state index is 12.0.